The van der Waals surface area contributed by atoms with E-state index >= 15 is 0 Å². The van der Waals surface area contributed by atoms with Crippen molar-refractivity contribution in [2.24, 2.45) is 0 Å². The van der Waals surface area contributed by atoms with Crippen LogP contribution in [0.5, 0.6) is 0 Å². The van der Waals surface area contributed by atoms with E-state index in [0.29, 0.717) is 23.6 Å². The van der Waals surface area contributed by atoms with Gasteiger partial charge in [-0.25, -0.2) is 8.42 Å². The van der Waals surface area contributed by atoms with Gasteiger partial charge < -0.3 is 5.32 Å². The number of carbonyl (C=O) groups is 1. The summed E-state index contributed by atoms with van der Waals surface area (Å²) in [5, 5.41) is 2.89. The number of sulfonamides is 1. The fourth-order valence-electron chi connectivity index (χ4n) is 3.96. The molecule has 4 rings (SSSR count). The molecule has 5 nitrogen and oxygen atoms in total. The number of nitrogens with zero attached hydrogens (tertiary/aromatic N) is 1. The summed E-state index contributed by atoms with van der Waals surface area (Å²) in [4.78, 5) is 12.7. The summed E-state index contributed by atoms with van der Waals surface area (Å²) in [6, 6.07) is 5.03. The number of anilines is 1. The molecule has 2 fully saturated rings. The van der Waals surface area contributed by atoms with Crippen LogP contribution in [0.4, 0.5) is 5.69 Å². The van der Waals surface area contributed by atoms with Gasteiger partial charge in [0.1, 0.15) is 0 Å². The Hall–Kier alpha value is -1.66. The zero-order valence-corrected chi connectivity index (χ0v) is 14.5. The Labute approximate surface area is 142 Å². The average molecular weight is 346 g/mol. The molecular weight excluding hydrogens is 324 g/mol. The minimum atomic E-state index is -3.46. The minimum Gasteiger partial charge on any atom is -0.321 e. The Bertz CT molecular complexity index is 813. The van der Waals surface area contributed by atoms with Gasteiger partial charge in [0, 0.05) is 29.9 Å². The maximum Gasteiger partial charge on any atom is 0.256 e. The number of hydrogen-bond acceptors (Lipinski definition) is 3. The lowest BCUT2D eigenvalue weighted by atomic mass is 9.89. The van der Waals surface area contributed by atoms with Crippen molar-refractivity contribution in [2.45, 2.75) is 49.8 Å². The third-order valence-corrected chi connectivity index (χ3v) is 7.14. The van der Waals surface area contributed by atoms with E-state index in [1.807, 2.05) is 0 Å². The molecule has 24 heavy (non-hydrogen) atoms. The first-order valence-electron chi connectivity index (χ1n) is 8.75. The van der Waals surface area contributed by atoms with E-state index in [9.17, 15) is 13.2 Å². The number of hydrogen-bond donors (Lipinski definition) is 1. The summed E-state index contributed by atoms with van der Waals surface area (Å²) in [5.41, 5.74) is 3.38. The molecule has 1 saturated carbocycles. The van der Waals surface area contributed by atoms with E-state index in [1.54, 1.807) is 22.5 Å². The monoisotopic (exact) mass is 346 g/mol. The van der Waals surface area contributed by atoms with Gasteiger partial charge in [-0.2, -0.15) is 4.31 Å². The van der Waals surface area contributed by atoms with Crippen molar-refractivity contribution in [3.63, 3.8) is 0 Å². The summed E-state index contributed by atoms with van der Waals surface area (Å²) >= 11 is 0. The van der Waals surface area contributed by atoms with Crippen LogP contribution in [0.1, 0.15) is 50.5 Å². The fourth-order valence-corrected chi connectivity index (χ4v) is 5.51. The van der Waals surface area contributed by atoms with Crippen LogP contribution in [-0.2, 0) is 14.8 Å². The first-order valence-corrected chi connectivity index (χ1v) is 10.2. The quantitative estimate of drug-likeness (QED) is 0.837. The van der Waals surface area contributed by atoms with Gasteiger partial charge in [-0.05, 0) is 56.7 Å². The number of rotatable bonds is 2. The first-order chi connectivity index (χ1) is 11.6. The number of benzene rings is 1. The standard InChI is InChI=1S/C18H22N2O3S/c21-18-17(13-6-2-1-3-7-13)15-12-14(8-9-16(15)19-18)24(22,23)20-10-4-5-11-20/h8-9,12H,1-7,10-11H2,(H,19,21). The molecule has 0 spiro atoms. The van der Waals surface area contributed by atoms with Gasteiger partial charge in [0.15, 0.2) is 0 Å². The van der Waals surface area contributed by atoms with Gasteiger partial charge >= 0.3 is 0 Å². The van der Waals surface area contributed by atoms with Crippen LogP contribution >= 0.6 is 0 Å². The summed E-state index contributed by atoms with van der Waals surface area (Å²) in [5.74, 6) is -0.0855. The lowest BCUT2D eigenvalue weighted by Crippen LogP contribution is -2.27. The Morgan fingerprint density at radius 1 is 0.958 bits per heavy atom. The van der Waals surface area contributed by atoms with Gasteiger partial charge in [0.05, 0.1) is 4.90 Å². The molecule has 1 N–H and O–H groups in total. The molecule has 1 aromatic carbocycles. The topological polar surface area (TPSA) is 66.5 Å². The molecule has 1 aromatic rings. The van der Waals surface area contributed by atoms with E-state index < -0.39 is 10.0 Å². The van der Waals surface area contributed by atoms with Crippen LogP contribution in [0.2, 0.25) is 0 Å². The average Bonchev–Trinajstić information content (AvgIpc) is 3.22. The minimum absolute atomic E-state index is 0.0855. The van der Waals surface area contributed by atoms with Crippen molar-refractivity contribution >= 4 is 27.2 Å². The number of carbonyl (C=O) groups excluding carboxylic acids is 1. The predicted molar refractivity (Wildman–Crippen MR) is 93.1 cm³/mol. The number of allylic oxidation sites excluding steroid dienone is 1. The summed E-state index contributed by atoms with van der Waals surface area (Å²) in [6.45, 7) is 1.18. The van der Waals surface area contributed by atoms with Crippen molar-refractivity contribution < 1.29 is 13.2 Å². The van der Waals surface area contributed by atoms with Crippen molar-refractivity contribution in [1.82, 2.24) is 4.31 Å². The SMILES string of the molecule is O=C1Nc2ccc(S(=O)(=O)N3CCCC3)cc2C1=C1CCCCC1. The number of nitrogens with one attached hydrogen (secondary N) is 1. The predicted octanol–water partition coefficient (Wildman–Crippen LogP) is 3.14. The van der Waals surface area contributed by atoms with Crippen molar-refractivity contribution in [3.8, 4) is 0 Å². The molecule has 0 bridgehead atoms. The second-order valence-electron chi connectivity index (χ2n) is 6.81. The molecule has 0 unspecified atom stereocenters. The Morgan fingerprint density at radius 2 is 1.67 bits per heavy atom. The van der Waals surface area contributed by atoms with E-state index in [2.05, 4.69) is 5.32 Å². The van der Waals surface area contributed by atoms with Crippen LogP contribution in [0.15, 0.2) is 28.7 Å². The van der Waals surface area contributed by atoms with Gasteiger partial charge in [0.25, 0.3) is 5.91 Å². The normalized spacial score (nSPS) is 21.9. The maximum absolute atomic E-state index is 12.8. The molecule has 0 radical (unpaired) electrons. The Morgan fingerprint density at radius 3 is 2.38 bits per heavy atom. The smallest absolute Gasteiger partial charge is 0.256 e. The third kappa shape index (κ3) is 2.58. The lowest BCUT2D eigenvalue weighted by molar-refractivity contribution is -0.110. The van der Waals surface area contributed by atoms with Crippen LogP contribution in [-0.4, -0.2) is 31.7 Å². The van der Waals surface area contributed by atoms with Crippen LogP contribution in [0, 0.1) is 0 Å². The molecule has 128 valence electrons. The molecule has 2 aliphatic heterocycles. The molecule has 1 aliphatic carbocycles. The Balaban J connectivity index is 1.78. The molecular formula is C18H22N2O3S. The van der Waals surface area contributed by atoms with Crippen LogP contribution in [0.3, 0.4) is 0 Å². The largest absolute Gasteiger partial charge is 0.321 e. The molecule has 0 aromatic heterocycles. The van der Waals surface area contributed by atoms with Crippen molar-refractivity contribution in [1.29, 1.82) is 0 Å². The van der Waals surface area contributed by atoms with Crippen molar-refractivity contribution in [2.75, 3.05) is 18.4 Å². The van der Waals surface area contributed by atoms with Gasteiger partial charge in [-0.3, -0.25) is 4.79 Å². The summed E-state index contributed by atoms with van der Waals surface area (Å²) in [7, 11) is -3.46. The maximum atomic E-state index is 12.8. The highest BCUT2D eigenvalue weighted by Crippen LogP contribution is 2.40. The van der Waals surface area contributed by atoms with Gasteiger partial charge in [-0.1, -0.05) is 12.0 Å². The second-order valence-corrected chi connectivity index (χ2v) is 8.75. The number of fused-ring (bicyclic) bond motifs is 1. The van der Waals surface area contributed by atoms with Crippen LogP contribution < -0.4 is 5.32 Å². The molecule has 0 atom stereocenters. The Kier molecular flexibility index (Phi) is 3.96. The first kappa shape index (κ1) is 15.8. The summed E-state index contributed by atoms with van der Waals surface area (Å²) < 4.78 is 27.2. The van der Waals surface area contributed by atoms with E-state index in [1.165, 1.54) is 12.0 Å². The highest BCUT2D eigenvalue weighted by Gasteiger charge is 2.32. The lowest BCUT2D eigenvalue weighted by Gasteiger charge is -2.17. The molecule has 2 heterocycles. The third-order valence-electron chi connectivity index (χ3n) is 5.25. The highest BCUT2D eigenvalue weighted by atomic mass is 32.2. The fraction of sp³-hybridized carbons (Fsp3) is 0.500. The van der Waals surface area contributed by atoms with Gasteiger partial charge in [-0.15, -0.1) is 0 Å². The second kappa shape index (κ2) is 6.01. The van der Waals surface area contributed by atoms with E-state index in [-0.39, 0.29) is 5.91 Å². The molecule has 1 saturated heterocycles. The zero-order valence-electron chi connectivity index (χ0n) is 13.7. The molecule has 6 heteroatoms. The van der Waals surface area contributed by atoms with Crippen molar-refractivity contribution in [3.05, 3.63) is 29.3 Å². The van der Waals surface area contributed by atoms with E-state index in [0.717, 1.165) is 49.8 Å². The number of amides is 1. The van der Waals surface area contributed by atoms with Crippen LogP contribution in [0.25, 0.3) is 5.57 Å². The molecule has 1 amide bonds. The molecule has 3 aliphatic rings. The summed E-state index contributed by atoms with van der Waals surface area (Å²) in [6.07, 6.45) is 7.12. The highest BCUT2D eigenvalue weighted by molar-refractivity contribution is 7.89. The van der Waals surface area contributed by atoms with Gasteiger partial charge in [0.2, 0.25) is 10.0 Å². The van der Waals surface area contributed by atoms with E-state index in [4.69, 9.17) is 0 Å². The zero-order chi connectivity index (χ0) is 16.7.